The zero-order chi connectivity index (χ0) is 38.7. The molecule has 54 heavy (non-hydrogen) atoms. The molecule has 0 unspecified atom stereocenters. The number of rotatable bonds is 34. The Morgan fingerprint density at radius 2 is 1.02 bits per heavy atom. The van der Waals surface area contributed by atoms with Crippen LogP contribution in [0.15, 0.2) is 60.7 Å². The van der Waals surface area contributed by atoms with Crippen molar-refractivity contribution in [2.24, 2.45) is 0 Å². The lowest BCUT2D eigenvalue weighted by Crippen LogP contribution is -2.44. The van der Waals surface area contributed by atoms with Gasteiger partial charge in [0.05, 0.1) is 19.8 Å². The Bertz CT molecular complexity index is 1240. The first-order valence-electron chi connectivity index (χ1n) is 20.6. The largest absolute Gasteiger partial charge is 0.463 e. The van der Waals surface area contributed by atoms with Crippen LogP contribution in [0.5, 0.6) is 0 Å². The molecule has 0 aliphatic rings. The number of benzene rings is 2. The van der Waals surface area contributed by atoms with Crippen molar-refractivity contribution in [2.45, 2.75) is 148 Å². The van der Waals surface area contributed by atoms with Crippen LogP contribution in [0.4, 0.5) is 0 Å². The summed E-state index contributed by atoms with van der Waals surface area (Å²) < 4.78 is 21.5. The minimum atomic E-state index is -0.976. The average Bonchev–Trinajstić information content (AvgIpc) is 3.18. The molecule has 0 radical (unpaired) electrons. The van der Waals surface area contributed by atoms with Gasteiger partial charge in [-0.25, -0.2) is 9.59 Å². The normalized spacial score (nSPS) is 11.5. The molecular formula is C44H68N2O8. The number of carbonyl (C=O) groups is 4. The molecule has 0 bridgehead atoms. The molecule has 0 fully saturated rings. The fourth-order valence-corrected chi connectivity index (χ4v) is 6.02. The predicted molar refractivity (Wildman–Crippen MR) is 212 cm³/mol. The van der Waals surface area contributed by atoms with Gasteiger partial charge < -0.3 is 29.6 Å². The van der Waals surface area contributed by atoms with Crippen molar-refractivity contribution in [3.63, 3.8) is 0 Å². The number of hydrogen-bond acceptors (Lipinski definition) is 8. The third-order valence-electron chi connectivity index (χ3n) is 9.14. The fraction of sp³-hybridized carbons (Fsp3) is 0.636. The zero-order valence-electron chi connectivity index (χ0n) is 33.0. The molecule has 1 atom stereocenters. The van der Waals surface area contributed by atoms with Crippen LogP contribution in [0, 0.1) is 0 Å². The molecule has 10 nitrogen and oxygen atoms in total. The molecule has 0 saturated heterocycles. The van der Waals surface area contributed by atoms with Crippen LogP contribution >= 0.6 is 0 Å². The second-order valence-electron chi connectivity index (χ2n) is 14.1. The maximum absolute atomic E-state index is 12.9. The second-order valence-corrected chi connectivity index (χ2v) is 14.1. The van der Waals surface area contributed by atoms with Gasteiger partial charge in [0.1, 0.15) is 19.3 Å². The smallest absolute Gasteiger partial charge is 0.344 e. The van der Waals surface area contributed by atoms with Gasteiger partial charge in [0.25, 0.3) is 0 Å². The Labute approximate surface area is 324 Å². The Morgan fingerprint density at radius 3 is 1.54 bits per heavy atom. The maximum Gasteiger partial charge on any atom is 0.344 e. The number of carbonyl (C=O) groups excluding carboxylic acids is 4. The van der Waals surface area contributed by atoms with E-state index in [-0.39, 0.29) is 38.8 Å². The van der Waals surface area contributed by atoms with E-state index in [1.54, 1.807) is 0 Å². The molecule has 2 rings (SSSR count). The van der Waals surface area contributed by atoms with Gasteiger partial charge in [-0.1, -0.05) is 164 Å². The summed E-state index contributed by atoms with van der Waals surface area (Å²) in [5.74, 6) is -2.03. The summed E-state index contributed by atoms with van der Waals surface area (Å²) in [6, 6.07) is 18.1. The van der Waals surface area contributed by atoms with E-state index < -0.39 is 30.5 Å². The van der Waals surface area contributed by atoms with Gasteiger partial charge in [-0.3, -0.25) is 9.59 Å². The highest BCUT2D eigenvalue weighted by Gasteiger charge is 2.23. The average molecular weight is 753 g/mol. The van der Waals surface area contributed by atoms with Crippen LogP contribution in [-0.2, 0) is 51.3 Å². The number of hydrogen-bond donors (Lipinski definition) is 2. The summed E-state index contributed by atoms with van der Waals surface area (Å²) in [6.45, 7) is 2.72. The first-order chi connectivity index (χ1) is 26.5. The number of unbranched alkanes of at least 4 members (excludes halogenated alkanes) is 16. The molecule has 2 aromatic rings. The standard InChI is InChI=1S/C44H68N2O8/c1-2-3-4-5-6-7-8-9-10-11-12-13-14-15-16-25-32-53-43(49)37-54-44(50)40(46-42(48)36-52-34-39-28-21-18-22-29-39)30-23-24-31-45-41(47)35-51-33-38-26-19-17-20-27-38/h17-22,26-29,40H,2-16,23-25,30-37H2,1H3,(H,45,47)(H,46,48)/t40-/m0/s1. The van der Waals surface area contributed by atoms with Gasteiger partial charge in [-0.05, 0) is 36.8 Å². The topological polar surface area (TPSA) is 129 Å². The lowest BCUT2D eigenvalue weighted by molar-refractivity contribution is -0.160. The van der Waals surface area contributed by atoms with Crippen LogP contribution < -0.4 is 10.6 Å². The molecule has 0 spiro atoms. The summed E-state index contributed by atoms with van der Waals surface area (Å²) in [5.41, 5.74) is 1.91. The van der Waals surface area contributed by atoms with Crippen molar-refractivity contribution in [3.8, 4) is 0 Å². The Balaban J connectivity index is 1.58. The molecular weight excluding hydrogens is 684 g/mol. The van der Waals surface area contributed by atoms with Crippen LogP contribution in [0.2, 0.25) is 0 Å². The zero-order valence-corrected chi connectivity index (χ0v) is 33.0. The summed E-state index contributed by atoms with van der Waals surface area (Å²) in [6.07, 6.45) is 21.6. The van der Waals surface area contributed by atoms with Gasteiger partial charge >= 0.3 is 11.9 Å². The van der Waals surface area contributed by atoms with Crippen molar-refractivity contribution in [1.82, 2.24) is 10.6 Å². The fourth-order valence-electron chi connectivity index (χ4n) is 6.02. The SMILES string of the molecule is CCCCCCCCCCCCCCCCCCOC(=O)COC(=O)[C@H](CCCCNC(=O)COCc1ccccc1)NC(=O)COCc1ccccc1. The Morgan fingerprint density at radius 1 is 0.537 bits per heavy atom. The van der Waals surface area contributed by atoms with E-state index in [4.69, 9.17) is 18.9 Å². The van der Waals surface area contributed by atoms with Crippen molar-refractivity contribution in [2.75, 3.05) is 33.0 Å². The van der Waals surface area contributed by atoms with E-state index in [0.717, 1.165) is 30.4 Å². The maximum atomic E-state index is 12.9. The van der Waals surface area contributed by atoms with Gasteiger partial charge in [0.2, 0.25) is 11.8 Å². The lowest BCUT2D eigenvalue weighted by Gasteiger charge is -2.18. The van der Waals surface area contributed by atoms with Crippen molar-refractivity contribution >= 4 is 23.8 Å². The van der Waals surface area contributed by atoms with Gasteiger partial charge in [-0.15, -0.1) is 0 Å². The minimum absolute atomic E-state index is 0.0571. The third-order valence-corrected chi connectivity index (χ3v) is 9.14. The first kappa shape index (κ1) is 46.4. The molecule has 0 aliphatic carbocycles. The highest BCUT2D eigenvalue weighted by Crippen LogP contribution is 2.14. The van der Waals surface area contributed by atoms with E-state index in [0.29, 0.717) is 26.0 Å². The van der Waals surface area contributed by atoms with Crippen LogP contribution in [-0.4, -0.2) is 62.8 Å². The number of amides is 2. The molecule has 10 heteroatoms. The van der Waals surface area contributed by atoms with E-state index in [9.17, 15) is 19.2 Å². The first-order valence-corrected chi connectivity index (χ1v) is 20.6. The number of nitrogens with one attached hydrogen (secondary N) is 2. The Kier molecular flexibility index (Phi) is 28.1. The Hall–Kier alpha value is -3.76. The molecule has 302 valence electrons. The predicted octanol–water partition coefficient (Wildman–Crippen LogP) is 8.54. The van der Waals surface area contributed by atoms with Gasteiger partial charge in [0.15, 0.2) is 6.61 Å². The van der Waals surface area contributed by atoms with E-state index in [2.05, 4.69) is 17.6 Å². The molecule has 0 aromatic heterocycles. The summed E-state index contributed by atoms with van der Waals surface area (Å²) in [5, 5.41) is 5.48. The highest BCUT2D eigenvalue weighted by atomic mass is 16.6. The molecule has 0 aliphatic heterocycles. The van der Waals surface area contributed by atoms with Crippen LogP contribution in [0.3, 0.4) is 0 Å². The molecule has 2 aromatic carbocycles. The third kappa shape index (κ3) is 26.1. The van der Waals surface area contributed by atoms with E-state index >= 15 is 0 Å². The summed E-state index contributed by atoms with van der Waals surface area (Å²) >= 11 is 0. The quantitative estimate of drug-likeness (QED) is 0.0538. The van der Waals surface area contributed by atoms with Gasteiger partial charge in [0, 0.05) is 6.54 Å². The summed E-state index contributed by atoms with van der Waals surface area (Å²) in [7, 11) is 0. The summed E-state index contributed by atoms with van der Waals surface area (Å²) in [4.78, 5) is 50.0. The highest BCUT2D eigenvalue weighted by molar-refractivity contribution is 5.86. The monoisotopic (exact) mass is 752 g/mol. The van der Waals surface area contributed by atoms with Gasteiger partial charge in [-0.2, -0.15) is 0 Å². The van der Waals surface area contributed by atoms with E-state index in [1.807, 2.05) is 60.7 Å². The van der Waals surface area contributed by atoms with Crippen molar-refractivity contribution in [1.29, 1.82) is 0 Å². The second kappa shape index (κ2) is 32.7. The number of esters is 2. The van der Waals surface area contributed by atoms with Crippen molar-refractivity contribution < 1.29 is 38.1 Å². The molecule has 2 amide bonds. The lowest BCUT2D eigenvalue weighted by atomic mass is 10.0. The molecule has 2 N–H and O–H groups in total. The van der Waals surface area contributed by atoms with Crippen LogP contribution in [0.1, 0.15) is 140 Å². The van der Waals surface area contributed by atoms with Crippen LogP contribution in [0.25, 0.3) is 0 Å². The molecule has 0 heterocycles. The van der Waals surface area contributed by atoms with Crippen molar-refractivity contribution in [3.05, 3.63) is 71.8 Å². The number of ether oxygens (including phenoxy) is 4. The minimum Gasteiger partial charge on any atom is -0.463 e. The molecule has 0 saturated carbocycles. The van der Waals surface area contributed by atoms with E-state index in [1.165, 1.54) is 83.5 Å².